The molecule has 0 aromatic heterocycles. The second kappa shape index (κ2) is 5.44. The number of hydrogen-bond acceptors (Lipinski definition) is 2. The molecule has 0 unspecified atom stereocenters. The topological polar surface area (TPSA) is 41.1 Å². The smallest absolute Gasteiger partial charge is 0.247 e. The number of fused-ring (bicyclic) bond motifs is 1. The molecule has 0 fully saturated rings. The molecule has 2 aromatic carbocycles. The van der Waals surface area contributed by atoms with Gasteiger partial charge in [-0.2, -0.15) is 0 Å². The van der Waals surface area contributed by atoms with E-state index in [-0.39, 0.29) is 16.1 Å². The average Bonchev–Trinajstić information content (AvgIpc) is 2.86. The van der Waals surface area contributed by atoms with E-state index in [2.05, 4.69) is 26.6 Å². The average molecular weight is 353 g/mol. The van der Waals surface area contributed by atoms with Gasteiger partial charge in [-0.25, -0.2) is 8.78 Å². The maximum absolute atomic E-state index is 13.7. The first-order chi connectivity index (χ1) is 10.0. The fraction of sp³-hybridized carbons (Fsp3) is 0.133. The number of nitrogens with one attached hydrogen (secondary N) is 2. The fourth-order valence-electron chi connectivity index (χ4n) is 2.33. The number of para-hydroxylation sites is 1. The van der Waals surface area contributed by atoms with Crippen LogP contribution in [-0.4, -0.2) is 11.9 Å². The van der Waals surface area contributed by atoms with Crippen molar-refractivity contribution in [3.63, 3.8) is 0 Å². The quantitative estimate of drug-likeness (QED) is 0.865. The van der Waals surface area contributed by atoms with Gasteiger partial charge in [0.05, 0.1) is 5.69 Å². The lowest BCUT2D eigenvalue weighted by Gasteiger charge is -2.13. The second-order valence-electron chi connectivity index (χ2n) is 4.79. The molecule has 1 aliphatic rings. The van der Waals surface area contributed by atoms with Crippen LogP contribution in [0.2, 0.25) is 0 Å². The van der Waals surface area contributed by atoms with E-state index >= 15 is 0 Å². The van der Waals surface area contributed by atoms with Crippen LogP contribution in [0.25, 0.3) is 0 Å². The van der Waals surface area contributed by atoms with E-state index < -0.39 is 17.7 Å². The van der Waals surface area contributed by atoms with Crippen LogP contribution in [-0.2, 0) is 11.2 Å². The standard InChI is InChI=1S/C15H11BrF2N2O/c16-10-6-9(17)7-11(18)14(10)20-15(21)13-5-8-3-1-2-4-12(8)19-13/h1-4,6-7,13,19H,5H2,(H,20,21)/t13-/m0/s1. The first kappa shape index (κ1) is 14.0. The van der Waals surface area contributed by atoms with E-state index in [1.165, 1.54) is 0 Å². The van der Waals surface area contributed by atoms with Gasteiger partial charge < -0.3 is 10.6 Å². The van der Waals surface area contributed by atoms with Crippen LogP contribution >= 0.6 is 15.9 Å². The van der Waals surface area contributed by atoms with Crippen LogP contribution in [0.5, 0.6) is 0 Å². The first-order valence-electron chi connectivity index (χ1n) is 6.34. The van der Waals surface area contributed by atoms with Gasteiger partial charge >= 0.3 is 0 Å². The molecular formula is C15H11BrF2N2O. The van der Waals surface area contributed by atoms with E-state index in [0.717, 1.165) is 23.4 Å². The molecule has 1 heterocycles. The Hall–Kier alpha value is -1.95. The second-order valence-corrected chi connectivity index (χ2v) is 5.65. The minimum absolute atomic E-state index is 0.0563. The van der Waals surface area contributed by atoms with Crippen molar-refractivity contribution < 1.29 is 13.6 Å². The summed E-state index contributed by atoms with van der Waals surface area (Å²) in [5.41, 5.74) is 1.88. The van der Waals surface area contributed by atoms with Crippen LogP contribution in [0.4, 0.5) is 20.2 Å². The third-order valence-corrected chi connectivity index (χ3v) is 3.97. The van der Waals surface area contributed by atoms with Gasteiger partial charge in [0.15, 0.2) is 5.82 Å². The zero-order valence-electron chi connectivity index (χ0n) is 10.8. The maximum Gasteiger partial charge on any atom is 0.247 e. The predicted molar refractivity (Wildman–Crippen MR) is 80.2 cm³/mol. The van der Waals surface area contributed by atoms with Gasteiger partial charge in [0.25, 0.3) is 0 Å². The highest BCUT2D eigenvalue weighted by Gasteiger charge is 2.27. The predicted octanol–water partition coefficient (Wildman–Crippen LogP) is 3.70. The number of rotatable bonds is 2. The molecule has 0 saturated heterocycles. The highest BCUT2D eigenvalue weighted by Crippen LogP contribution is 2.29. The molecule has 6 heteroatoms. The summed E-state index contributed by atoms with van der Waals surface area (Å²) in [6, 6.07) is 8.96. The summed E-state index contributed by atoms with van der Waals surface area (Å²) in [6.07, 6.45) is 0.530. The fourth-order valence-corrected chi connectivity index (χ4v) is 2.84. The molecule has 1 aliphatic heterocycles. The molecule has 3 rings (SSSR count). The van der Waals surface area contributed by atoms with Crippen molar-refractivity contribution >= 4 is 33.2 Å². The summed E-state index contributed by atoms with van der Waals surface area (Å²) in [6.45, 7) is 0. The monoisotopic (exact) mass is 352 g/mol. The van der Waals surface area contributed by atoms with Crippen LogP contribution in [0.15, 0.2) is 40.9 Å². The Morgan fingerprint density at radius 2 is 2.05 bits per heavy atom. The van der Waals surface area contributed by atoms with Gasteiger partial charge in [-0.05, 0) is 33.6 Å². The Morgan fingerprint density at radius 3 is 2.76 bits per heavy atom. The van der Waals surface area contributed by atoms with Gasteiger partial charge in [0.1, 0.15) is 11.9 Å². The van der Waals surface area contributed by atoms with E-state index in [0.29, 0.717) is 6.42 Å². The lowest BCUT2D eigenvalue weighted by atomic mass is 10.1. The molecule has 0 saturated carbocycles. The molecule has 0 aliphatic carbocycles. The largest absolute Gasteiger partial charge is 0.373 e. The van der Waals surface area contributed by atoms with Gasteiger partial charge in [-0.15, -0.1) is 0 Å². The van der Waals surface area contributed by atoms with Crippen LogP contribution in [0.1, 0.15) is 5.56 Å². The molecule has 3 nitrogen and oxygen atoms in total. The lowest BCUT2D eigenvalue weighted by Crippen LogP contribution is -2.33. The van der Waals surface area contributed by atoms with Crippen molar-refractivity contribution in [2.75, 3.05) is 10.6 Å². The maximum atomic E-state index is 13.7. The Morgan fingerprint density at radius 1 is 1.29 bits per heavy atom. The summed E-state index contributed by atoms with van der Waals surface area (Å²) in [5, 5.41) is 5.57. The zero-order chi connectivity index (χ0) is 15.0. The van der Waals surface area contributed by atoms with Gasteiger partial charge in [0, 0.05) is 22.6 Å². The van der Waals surface area contributed by atoms with Gasteiger partial charge in [0.2, 0.25) is 5.91 Å². The third kappa shape index (κ3) is 2.76. The zero-order valence-corrected chi connectivity index (χ0v) is 12.4. The van der Waals surface area contributed by atoms with Crippen molar-refractivity contribution in [1.29, 1.82) is 0 Å². The number of carbonyl (C=O) groups excluding carboxylic acids is 1. The summed E-state index contributed by atoms with van der Waals surface area (Å²) < 4.78 is 26.9. The van der Waals surface area contributed by atoms with Crippen molar-refractivity contribution in [3.8, 4) is 0 Å². The molecule has 2 aromatic rings. The summed E-state index contributed by atoms with van der Waals surface area (Å²) in [7, 11) is 0. The van der Waals surface area contributed by atoms with E-state index in [1.807, 2.05) is 24.3 Å². The van der Waals surface area contributed by atoms with E-state index in [1.54, 1.807) is 0 Å². The number of amides is 1. The highest BCUT2D eigenvalue weighted by molar-refractivity contribution is 9.10. The number of anilines is 2. The Bertz CT molecular complexity index is 673. The summed E-state index contributed by atoms with van der Waals surface area (Å²) >= 11 is 3.05. The Kier molecular flexibility index (Phi) is 3.63. The third-order valence-electron chi connectivity index (χ3n) is 3.34. The number of carbonyl (C=O) groups is 1. The molecule has 108 valence electrons. The van der Waals surface area contributed by atoms with Crippen molar-refractivity contribution in [3.05, 3.63) is 58.1 Å². The van der Waals surface area contributed by atoms with Gasteiger partial charge in [-0.3, -0.25) is 4.79 Å². The van der Waals surface area contributed by atoms with Gasteiger partial charge in [-0.1, -0.05) is 18.2 Å². The molecule has 1 amide bonds. The van der Waals surface area contributed by atoms with Crippen molar-refractivity contribution in [1.82, 2.24) is 0 Å². The number of halogens is 3. The van der Waals surface area contributed by atoms with Crippen molar-refractivity contribution in [2.24, 2.45) is 0 Å². The lowest BCUT2D eigenvalue weighted by molar-refractivity contribution is -0.116. The molecule has 0 spiro atoms. The number of benzene rings is 2. The molecule has 0 radical (unpaired) electrons. The molecule has 2 N–H and O–H groups in total. The molecule has 1 atom stereocenters. The van der Waals surface area contributed by atoms with Crippen LogP contribution in [0, 0.1) is 11.6 Å². The normalized spacial score (nSPS) is 16.2. The SMILES string of the molecule is O=C(Nc1c(F)cc(F)cc1Br)[C@@H]1Cc2ccccc2N1. The van der Waals surface area contributed by atoms with Crippen LogP contribution < -0.4 is 10.6 Å². The highest BCUT2D eigenvalue weighted by atomic mass is 79.9. The summed E-state index contributed by atoms with van der Waals surface area (Å²) in [5.74, 6) is -1.88. The number of hydrogen-bond donors (Lipinski definition) is 2. The minimum Gasteiger partial charge on any atom is -0.373 e. The summed E-state index contributed by atoms with van der Waals surface area (Å²) in [4.78, 5) is 12.2. The molecule has 0 bridgehead atoms. The minimum atomic E-state index is -0.814. The van der Waals surface area contributed by atoms with Crippen molar-refractivity contribution in [2.45, 2.75) is 12.5 Å². The van der Waals surface area contributed by atoms with Crippen LogP contribution in [0.3, 0.4) is 0 Å². The Balaban J connectivity index is 1.77. The Labute approximate surface area is 128 Å². The molecular weight excluding hydrogens is 342 g/mol. The molecule has 21 heavy (non-hydrogen) atoms. The first-order valence-corrected chi connectivity index (χ1v) is 7.14. The van der Waals surface area contributed by atoms with E-state index in [9.17, 15) is 13.6 Å². The van der Waals surface area contributed by atoms with E-state index in [4.69, 9.17) is 0 Å².